The smallest absolute Gasteiger partial charge is 0.311 e. The molecule has 2 atom stereocenters. The maximum absolute atomic E-state index is 13.2. The van der Waals surface area contributed by atoms with E-state index in [9.17, 15) is 28.8 Å². The summed E-state index contributed by atoms with van der Waals surface area (Å²) in [5, 5.41) is 5.55. The lowest BCUT2D eigenvalue weighted by molar-refractivity contribution is -0.154. The van der Waals surface area contributed by atoms with E-state index in [2.05, 4.69) is 10.6 Å². The van der Waals surface area contributed by atoms with Crippen molar-refractivity contribution in [2.75, 3.05) is 11.9 Å². The summed E-state index contributed by atoms with van der Waals surface area (Å²) in [5.41, 5.74) is 0.732. The molecular weight excluding hydrogens is 550 g/mol. The molecule has 1 aromatic rings. The van der Waals surface area contributed by atoms with E-state index in [-0.39, 0.29) is 60.3 Å². The van der Waals surface area contributed by atoms with Crippen LogP contribution in [0.3, 0.4) is 0 Å². The summed E-state index contributed by atoms with van der Waals surface area (Å²) in [6, 6.07) is 6.09. The van der Waals surface area contributed by atoms with Crippen LogP contribution >= 0.6 is 0 Å². The van der Waals surface area contributed by atoms with Gasteiger partial charge in [-0.05, 0) is 82.9 Å². The van der Waals surface area contributed by atoms with E-state index in [1.165, 1.54) is 17.1 Å². The van der Waals surface area contributed by atoms with E-state index in [0.29, 0.717) is 25.1 Å². The Kier molecular flexibility index (Phi) is 11.4. The van der Waals surface area contributed by atoms with Crippen LogP contribution in [-0.2, 0) is 40.1 Å². The standard InChI is InChI=1S/C33H45N3O7/c1-20(2)26(17-27(37)24-11-7-22(8-12-24)18-36-28(38)15-16-29(36)39)31(41)34-21(3)30(40)35-25-13-9-23(10-14-25)19-43-32(42)33(4,5)6/h9-10,13-16,20-22,24,26H,7-8,11-12,17-19H2,1-6H3,(H,34,41)(H,35,40)/t21-,22?,24?,26-/m0/s1. The fraction of sp³-hybridized carbons (Fsp3) is 0.576. The Balaban J connectivity index is 1.45. The minimum atomic E-state index is -0.822. The van der Waals surface area contributed by atoms with Crippen molar-refractivity contribution in [2.24, 2.45) is 29.1 Å². The quantitative estimate of drug-likeness (QED) is 0.273. The molecule has 3 rings (SSSR count). The molecule has 1 aliphatic heterocycles. The summed E-state index contributed by atoms with van der Waals surface area (Å²) in [4.78, 5) is 76.1. The number of hydrogen-bond donors (Lipinski definition) is 2. The van der Waals surface area contributed by atoms with E-state index >= 15 is 0 Å². The van der Waals surface area contributed by atoms with Crippen LogP contribution in [0.1, 0.15) is 79.2 Å². The van der Waals surface area contributed by atoms with Crippen LogP contribution in [0.2, 0.25) is 0 Å². The summed E-state index contributed by atoms with van der Waals surface area (Å²) >= 11 is 0. The second-order valence-electron chi connectivity index (χ2n) is 13.1. The first kappa shape index (κ1) is 33.7. The zero-order valence-electron chi connectivity index (χ0n) is 26.1. The van der Waals surface area contributed by atoms with Gasteiger partial charge in [-0.15, -0.1) is 0 Å². The molecule has 10 heteroatoms. The lowest BCUT2D eigenvalue weighted by Crippen LogP contribution is -2.46. The number of carbonyl (C=O) groups is 6. The molecule has 0 unspecified atom stereocenters. The first-order chi connectivity index (χ1) is 20.1. The monoisotopic (exact) mass is 595 g/mol. The fourth-order valence-corrected chi connectivity index (χ4v) is 5.24. The Morgan fingerprint density at radius 3 is 2.02 bits per heavy atom. The van der Waals surface area contributed by atoms with Crippen molar-refractivity contribution in [2.45, 2.75) is 86.3 Å². The van der Waals surface area contributed by atoms with Crippen LogP contribution in [0.25, 0.3) is 0 Å². The minimum absolute atomic E-state index is 0.0349. The van der Waals surface area contributed by atoms with Crippen LogP contribution < -0.4 is 10.6 Å². The molecule has 1 heterocycles. The lowest BCUT2D eigenvalue weighted by atomic mass is 9.77. The SMILES string of the molecule is CC(C)[C@H](CC(=O)C1CCC(CN2C(=O)C=CC2=O)CC1)C(=O)N[C@@H](C)C(=O)Nc1ccc(COC(=O)C(C)(C)C)cc1. The van der Waals surface area contributed by atoms with Crippen LogP contribution in [0.15, 0.2) is 36.4 Å². The maximum atomic E-state index is 13.2. The molecule has 1 saturated carbocycles. The van der Waals surface area contributed by atoms with Crippen molar-refractivity contribution in [3.8, 4) is 0 Å². The molecule has 43 heavy (non-hydrogen) atoms. The van der Waals surface area contributed by atoms with Gasteiger partial charge in [-0.25, -0.2) is 0 Å². The molecule has 10 nitrogen and oxygen atoms in total. The van der Waals surface area contributed by atoms with E-state index < -0.39 is 23.3 Å². The first-order valence-corrected chi connectivity index (χ1v) is 15.1. The summed E-state index contributed by atoms with van der Waals surface area (Å²) in [5.74, 6) is -2.23. The Labute approximate surface area is 254 Å². The number of nitrogens with zero attached hydrogens (tertiary/aromatic N) is 1. The molecule has 4 amide bonds. The topological polar surface area (TPSA) is 139 Å². The van der Waals surface area contributed by atoms with Crippen LogP contribution in [0.5, 0.6) is 0 Å². The number of carbonyl (C=O) groups excluding carboxylic acids is 6. The van der Waals surface area contributed by atoms with Crippen LogP contribution in [0, 0.1) is 29.1 Å². The number of rotatable bonds is 12. The van der Waals surface area contributed by atoms with Gasteiger partial charge in [0.2, 0.25) is 11.8 Å². The molecule has 0 spiro atoms. The predicted octanol–water partition coefficient (Wildman–Crippen LogP) is 4.18. The molecule has 0 bridgehead atoms. The molecule has 234 valence electrons. The Morgan fingerprint density at radius 1 is 0.907 bits per heavy atom. The lowest BCUT2D eigenvalue weighted by Gasteiger charge is -2.31. The normalized spacial score (nSPS) is 20.1. The maximum Gasteiger partial charge on any atom is 0.311 e. The summed E-state index contributed by atoms with van der Waals surface area (Å²) < 4.78 is 5.32. The number of hydrogen-bond acceptors (Lipinski definition) is 7. The number of ketones is 1. The van der Waals surface area contributed by atoms with Gasteiger partial charge in [0.1, 0.15) is 18.4 Å². The third-order valence-corrected chi connectivity index (χ3v) is 8.16. The molecule has 2 N–H and O–H groups in total. The van der Waals surface area contributed by atoms with Crippen molar-refractivity contribution >= 4 is 41.1 Å². The van der Waals surface area contributed by atoms with E-state index in [4.69, 9.17) is 4.74 Å². The van der Waals surface area contributed by atoms with E-state index in [1.54, 1.807) is 52.0 Å². The predicted molar refractivity (Wildman–Crippen MR) is 161 cm³/mol. The number of ether oxygens (including phenoxy) is 1. The van der Waals surface area contributed by atoms with Gasteiger partial charge in [0.25, 0.3) is 11.8 Å². The summed E-state index contributed by atoms with van der Waals surface area (Å²) in [7, 11) is 0. The molecule has 0 aromatic heterocycles. The highest BCUT2D eigenvalue weighted by Crippen LogP contribution is 2.32. The molecule has 0 radical (unpaired) electrons. The van der Waals surface area contributed by atoms with Gasteiger partial charge in [0, 0.05) is 42.6 Å². The molecule has 2 aliphatic rings. The molecule has 0 saturated heterocycles. The van der Waals surface area contributed by atoms with Gasteiger partial charge in [-0.3, -0.25) is 33.7 Å². The molecular formula is C33H45N3O7. The number of benzene rings is 1. The van der Waals surface area contributed by atoms with Crippen molar-refractivity contribution in [1.82, 2.24) is 10.2 Å². The summed E-state index contributed by atoms with van der Waals surface area (Å²) in [6.07, 6.45) is 5.48. The highest BCUT2D eigenvalue weighted by molar-refractivity contribution is 6.12. The van der Waals surface area contributed by atoms with Gasteiger partial charge in [0.05, 0.1) is 5.41 Å². The summed E-state index contributed by atoms with van der Waals surface area (Å²) in [6.45, 7) is 11.2. The number of amides is 4. The van der Waals surface area contributed by atoms with Crippen LogP contribution in [0.4, 0.5) is 5.69 Å². The second-order valence-corrected chi connectivity index (χ2v) is 13.1. The average Bonchev–Trinajstić information content (AvgIpc) is 3.26. The third kappa shape index (κ3) is 9.59. The Hall–Kier alpha value is -3.82. The first-order valence-electron chi connectivity index (χ1n) is 15.1. The fourth-order valence-electron chi connectivity index (χ4n) is 5.24. The number of nitrogens with one attached hydrogen (secondary N) is 2. The zero-order valence-corrected chi connectivity index (χ0v) is 26.1. The number of Topliss-reactive ketones (excluding diaryl/α,β-unsaturated/α-hetero) is 1. The van der Waals surface area contributed by atoms with Gasteiger partial charge in [0.15, 0.2) is 0 Å². The highest BCUT2D eigenvalue weighted by atomic mass is 16.5. The van der Waals surface area contributed by atoms with Crippen LogP contribution in [-0.4, -0.2) is 52.9 Å². The zero-order chi connectivity index (χ0) is 31.9. The molecule has 1 aromatic carbocycles. The number of imide groups is 1. The van der Waals surface area contributed by atoms with Gasteiger partial charge >= 0.3 is 5.97 Å². The highest BCUT2D eigenvalue weighted by Gasteiger charge is 2.34. The van der Waals surface area contributed by atoms with Crippen molar-refractivity contribution < 1.29 is 33.5 Å². The second kappa shape index (κ2) is 14.6. The number of anilines is 1. The van der Waals surface area contributed by atoms with Crippen molar-refractivity contribution in [3.63, 3.8) is 0 Å². The Bertz CT molecular complexity index is 1220. The van der Waals surface area contributed by atoms with E-state index in [1.807, 2.05) is 13.8 Å². The number of esters is 1. The minimum Gasteiger partial charge on any atom is -0.460 e. The molecule has 1 aliphatic carbocycles. The third-order valence-electron chi connectivity index (χ3n) is 8.16. The van der Waals surface area contributed by atoms with Crippen molar-refractivity contribution in [3.05, 3.63) is 42.0 Å². The van der Waals surface area contributed by atoms with Crippen molar-refractivity contribution in [1.29, 1.82) is 0 Å². The van der Waals surface area contributed by atoms with Gasteiger partial charge in [-0.1, -0.05) is 26.0 Å². The Morgan fingerprint density at radius 2 is 1.49 bits per heavy atom. The van der Waals surface area contributed by atoms with Gasteiger partial charge in [-0.2, -0.15) is 0 Å². The largest absolute Gasteiger partial charge is 0.460 e. The molecule has 1 fully saturated rings. The van der Waals surface area contributed by atoms with E-state index in [0.717, 1.165) is 18.4 Å². The van der Waals surface area contributed by atoms with Gasteiger partial charge < -0.3 is 15.4 Å². The average molecular weight is 596 g/mol.